The molecule has 6 rings (SSSR count). The monoisotopic (exact) mass is 483 g/mol. The van der Waals surface area contributed by atoms with Crippen LogP contribution in [-0.2, 0) is 16.6 Å². The lowest BCUT2D eigenvalue weighted by Gasteiger charge is -2.33. The Labute approximate surface area is 209 Å². The van der Waals surface area contributed by atoms with Gasteiger partial charge >= 0.3 is 0 Å². The third kappa shape index (κ3) is 4.54. The first-order valence-electron chi connectivity index (χ1n) is 12.5. The number of carbonyl (C=O) groups is 1. The molecule has 1 amide bonds. The maximum atomic E-state index is 12.7. The number of piperidine rings is 1. The van der Waals surface area contributed by atoms with E-state index in [-0.39, 0.29) is 17.9 Å². The molecular weight excluding hydrogens is 454 g/mol. The number of amides is 1. The maximum absolute atomic E-state index is 12.7. The number of rotatable bonds is 5. The van der Waals surface area contributed by atoms with Crippen LogP contribution in [0.5, 0.6) is 0 Å². The summed E-state index contributed by atoms with van der Waals surface area (Å²) in [5.41, 5.74) is 5.03. The Balaban J connectivity index is 1.11. The summed E-state index contributed by atoms with van der Waals surface area (Å²) >= 11 is 0. The lowest BCUT2D eigenvalue weighted by Crippen LogP contribution is -2.42. The van der Waals surface area contributed by atoms with Gasteiger partial charge in [-0.1, -0.05) is 18.2 Å². The topological polar surface area (TPSA) is 91.0 Å². The zero-order valence-corrected chi connectivity index (χ0v) is 20.3. The van der Waals surface area contributed by atoms with Crippen LogP contribution in [0.4, 0.5) is 0 Å². The van der Waals surface area contributed by atoms with Gasteiger partial charge in [-0.05, 0) is 30.9 Å². The Morgan fingerprint density at radius 3 is 2.36 bits per heavy atom. The average Bonchev–Trinajstić information content (AvgIpc) is 3.71. The van der Waals surface area contributed by atoms with Crippen molar-refractivity contribution < 1.29 is 9.53 Å². The van der Waals surface area contributed by atoms with Crippen molar-refractivity contribution in [3.63, 3.8) is 0 Å². The third-order valence-corrected chi connectivity index (χ3v) is 7.17. The fourth-order valence-corrected chi connectivity index (χ4v) is 5.06. The van der Waals surface area contributed by atoms with E-state index in [1.807, 2.05) is 59.7 Å². The Hall–Kier alpha value is -3.85. The summed E-state index contributed by atoms with van der Waals surface area (Å²) in [5, 5.41) is 8.88. The second-order valence-electron chi connectivity index (χ2n) is 9.60. The molecule has 5 heterocycles. The maximum Gasteiger partial charge on any atom is 0.228 e. The van der Waals surface area contributed by atoms with Crippen LogP contribution in [0.3, 0.4) is 0 Å². The lowest BCUT2D eigenvalue weighted by atomic mass is 10.0. The number of likely N-dealkylation sites (tertiary alicyclic amines) is 1. The second-order valence-corrected chi connectivity index (χ2v) is 9.60. The minimum atomic E-state index is 0.0404. The van der Waals surface area contributed by atoms with Gasteiger partial charge in [-0.3, -0.25) is 14.2 Å². The van der Waals surface area contributed by atoms with Crippen molar-refractivity contribution in [3.05, 3.63) is 61.4 Å². The Morgan fingerprint density at radius 1 is 0.889 bits per heavy atom. The minimum Gasteiger partial charge on any atom is -0.381 e. The average molecular weight is 484 g/mol. The number of ether oxygens (including phenoxy) is 1. The number of hydrogen-bond acceptors (Lipinski definition) is 6. The Morgan fingerprint density at radius 2 is 1.64 bits per heavy atom. The van der Waals surface area contributed by atoms with Crippen molar-refractivity contribution in [2.45, 2.75) is 25.3 Å². The fraction of sp³-hybridized carbons (Fsp3) is 0.370. The predicted octanol–water partition coefficient (Wildman–Crippen LogP) is 3.61. The summed E-state index contributed by atoms with van der Waals surface area (Å²) in [6.07, 6.45) is 14.1. The summed E-state index contributed by atoms with van der Waals surface area (Å²) in [5.74, 6) is 0.968. The smallest absolute Gasteiger partial charge is 0.228 e. The molecule has 4 aromatic rings. The SMILES string of the molecule is Cn1cc(-c2cccc(-c3ncc(-c4cnn(C5CCN(C(=O)C6CCOC6)CC5)c4)cn3)c2)cn1. The molecule has 3 aromatic heterocycles. The number of aromatic nitrogens is 6. The molecule has 2 saturated heterocycles. The highest BCUT2D eigenvalue weighted by Crippen LogP contribution is 2.28. The van der Waals surface area contributed by atoms with Crippen LogP contribution in [-0.4, -0.2) is 66.6 Å². The number of nitrogens with zero attached hydrogens (tertiary/aromatic N) is 7. The highest BCUT2D eigenvalue weighted by Gasteiger charge is 2.31. The molecule has 2 aliphatic heterocycles. The molecule has 1 atom stereocenters. The van der Waals surface area contributed by atoms with Crippen molar-refractivity contribution in [1.82, 2.24) is 34.4 Å². The van der Waals surface area contributed by atoms with Crippen LogP contribution in [0.2, 0.25) is 0 Å². The molecule has 9 nitrogen and oxygen atoms in total. The van der Waals surface area contributed by atoms with E-state index in [2.05, 4.69) is 38.5 Å². The molecule has 9 heteroatoms. The zero-order chi connectivity index (χ0) is 24.5. The summed E-state index contributed by atoms with van der Waals surface area (Å²) in [7, 11) is 1.91. The molecular formula is C27H29N7O2. The summed E-state index contributed by atoms with van der Waals surface area (Å²) in [6, 6.07) is 8.47. The van der Waals surface area contributed by atoms with Crippen LogP contribution in [0.25, 0.3) is 33.6 Å². The molecule has 0 saturated carbocycles. The van der Waals surface area contributed by atoms with Crippen LogP contribution in [0.1, 0.15) is 25.3 Å². The van der Waals surface area contributed by atoms with Gasteiger partial charge in [0.15, 0.2) is 5.82 Å². The Kier molecular flexibility index (Phi) is 6.06. The van der Waals surface area contributed by atoms with Gasteiger partial charge in [-0.2, -0.15) is 10.2 Å². The van der Waals surface area contributed by atoms with E-state index in [0.717, 1.165) is 60.2 Å². The number of carbonyl (C=O) groups excluding carboxylic acids is 1. The van der Waals surface area contributed by atoms with Gasteiger partial charge in [0, 0.05) is 73.8 Å². The second kappa shape index (κ2) is 9.66. The van der Waals surface area contributed by atoms with Crippen molar-refractivity contribution in [1.29, 1.82) is 0 Å². The molecule has 184 valence electrons. The van der Waals surface area contributed by atoms with Gasteiger partial charge in [-0.15, -0.1) is 0 Å². The van der Waals surface area contributed by atoms with Gasteiger partial charge in [-0.25, -0.2) is 9.97 Å². The Bertz CT molecular complexity index is 1350. The number of benzene rings is 1. The van der Waals surface area contributed by atoms with Gasteiger partial charge in [0.25, 0.3) is 0 Å². The van der Waals surface area contributed by atoms with Crippen LogP contribution >= 0.6 is 0 Å². The van der Waals surface area contributed by atoms with Crippen molar-refractivity contribution in [2.24, 2.45) is 13.0 Å². The predicted molar refractivity (Wildman–Crippen MR) is 135 cm³/mol. The van der Waals surface area contributed by atoms with E-state index < -0.39 is 0 Å². The van der Waals surface area contributed by atoms with Gasteiger partial charge in [0.2, 0.25) is 5.91 Å². The largest absolute Gasteiger partial charge is 0.381 e. The number of aryl methyl sites for hydroxylation is 1. The first-order valence-corrected chi connectivity index (χ1v) is 12.5. The first kappa shape index (κ1) is 22.6. The van der Waals surface area contributed by atoms with Crippen LogP contribution in [0.15, 0.2) is 61.4 Å². The van der Waals surface area contributed by atoms with E-state index in [0.29, 0.717) is 19.0 Å². The normalized spacial score (nSPS) is 18.6. The quantitative estimate of drug-likeness (QED) is 0.431. The van der Waals surface area contributed by atoms with E-state index in [1.165, 1.54) is 0 Å². The number of hydrogen-bond donors (Lipinski definition) is 0. The first-order chi connectivity index (χ1) is 17.6. The standard InChI is InChI=1S/C27H29N7O2/c1-32-16-23(14-30-32)19-3-2-4-20(11-19)26-28-12-22(13-29-26)24-15-31-34(17-24)25-5-8-33(9-6-25)27(35)21-7-10-36-18-21/h2-4,11-17,21,25H,5-10,18H2,1H3. The molecule has 1 unspecified atom stereocenters. The lowest BCUT2D eigenvalue weighted by molar-refractivity contribution is -0.136. The summed E-state index contributed by atoms with van der Waals surface area (Å²) in [6.45, 7) is 2.81. The molecule has 0 radical (unpaired) electrons. The molecule has 2 fully saturated rings. The summed E-state index contributed by atoms with van der Waals surface area (Å²) in [4.78, 5) is 23.9. The van der Waals surface area contributed by atoms with Gasteiger partial charge < -0.3 is 9.64 Å². The molecule has 0 aliphatic carbocycles. The van der Waals surface area contributed by atoms with E-state index in [1.54, 1.807) is 4.68 Å². The molecule has 1 aromatic carbocycles. The summed E-state index contributed by atoms with van der Waals surface area (Å²) < 4.78 is 9.21. The van der Waals surface area contributed by atoms with Gasteiger partial charge in [0.05, 0.1) is 31.0 Å². The van der Waals surface area contributed by atoms with Gasteiger partial charge in [0.1, 0.15) is 0 Å². The molecule has 0 spiro atoms. The molecule has 36 heavy (non-hydrogen) atoms. The molecule has 0 N–H and O–H groups in total. The molecule has 0 bridgehead atoms. The zero-order valence-electron chi connectivity index (χ0n) is 20.3. The van der Waals surface area contributed by atoms with Crippen molar-refractivity contribution >= 4 is 5.91 Å². The van der Waals surface area contributed by atoms with Crippen LogP contribution < -0.4 is 0 Å². The van der Waals surface area contributed by atoms with E-state index >= 15 is 0 Å². The highest BCUT2D eigenvalue weighted by molar-refractivity contribution is 5.79. The van der Waals surface area contributed by atoms with E-state index in [4.69, 9.17) is 4.74 Å². The fourth-order valence-electron chi connectivity index (χ4n) is 5.06. The third-order valence-electron chi connectivity index (χ3n) is 7.17. The highest BCUT2D eigenvalue weighted by atomic mass is 16.5. The van der Waals surface area contributed by atoms with Crippen molar-refractivity contribution in [2.75, 3.05) is 26.3 Å². The van der Waals surface area contributed by atoms with Crippen molar-refractivity contribution in [3.8, 4) is 33.6 Å². The van der Waals surface area contributed by atoms with Crippen LogP contribution in [0, 0.1) is 5.92 Å². The molecule has 2 aliphatic rings. The van der Waals surface area contributed by atoms with E-state index in [9.17, 15) is 4.79 Å². The minimum absolute atomic E-state index is 0.0404.